The quantitative estimate of drug-likeness (QED) is 0.886. The third kappa shape index (κ3) is 2.69. The molecular weight excluding hydrogens is 252 g/mol. The number of carbonyl (C=O) groups is 1. The Balaban J connectivity index is 1.63. The van der Waals surface area contributed by atoms with Gasteiger partial charge in [-0.3, -0.25) is 9.79 Å². The van der Waals surface area contributed by atoms with Gasteiger partial charge in [0.1, 0.15) is 5.84 Å². The van der Waals surface area contributed by atoms with Gasteiger partial charge in [0.2, 0.25) is 0 Å². The minimum atomic E-state index is -0.669. The van der Waals surface area contributed by atoms with Crippen LogP contribution in [-0.2, 0) is 11.2 Å². The maximum atomic E-state index is 11.1. The van der Waals surface area contributed by atoms with Crippen LogP contribution in [0.2, 0.25) is 0 Å². The summed E-state index contributed by atoms with van der Waals surface area (Å²) in [6, 6.07) is 8.95. The van der Waals surface area contributed by atoms with Gasteiger partial charge in [0.15, 0.2) is 0 Å². The number of fused-ring (bicyclic) bond motifs is 1. The number of nitrogens with zero attached hydrogens (tertiary/aromatic N) is 1. The van der Waals surface area contributed by atoms with Gasteiger partial charge >= 0.3 is 5.97 Å². The normalized spacial score (nSPS) is 28.4. The molecule has 2 aliphatic rings. The SMILES string of the molecule is Cc1ccc(CC2=NC3CCC(C(=O)O)CC3N2)cc1. The Morgan fingerprint density at radius 1 is 1.35 bits per heavy atom. The second-order valence-electron chi connectivity index (χ2n) is 5.90. The molecule has 3 atom stereocenters. The Morgan fingerprint density at radius 2 is 2.10 bits per heavy atom. The molecule has 3 unspecified atom stereocenters. The highest BCUT2D eigenvalue weighted by molar-refractivity contribution is 5.86. The minimum Gasteiger partial charge on any atom is -0.481 e. The van der Waals surface area contributed by atoms with E-state index in [1.54, 1.807) is 0 Å². The van der Waals surface area contributed by atoms with E-state index in [2.05, 4.69) is 36.5 Å². The van der Waals surface area contributed by atoms with Gasteiger partial charge < -0.3 is 10.4 Å². The van der Waals surface area contributed by atoms with Crippen molar-refractivity contribution in [1.82, 2.24) is 5.32 Å². The molecular formula is C16H20N2O2. The van der Waals surface area contributed by atoms with Gasteiger partial charge in [-0.15, -0.1) is 0 Å². The third-order valence-corrected chi connectivity index (χ3v) is 4.33. The highest BCUT2D eigenvalue weighted by atomic mass is 16.4. The molecule has 0 bridgehead atoms. The Labute approximate surface area is 118 Å². The van der Waals surface area contributed by atoms with E-state index in [0.717, 1.165) is 25.1 Å². The fraction of sp³-hybridized carbons (Fsp3) is 0.500. The second-order valence-corrected chi connectivity index (χ2v) is 5.90. The number of amidine groups is 1. The molecule has 3 rings (SSSR count). The fourth-order valence-electron chi connectivity index (χ4n) is 3.14. The first-order valence-corrected chi connectivity index (χ1v) is 7.23. The first kappa shape index (κ1) is 13.2. The van der Waals surface area contributed by atoms with Crippen molar-refractivity contribution in [2.24, 2.45) is 10.9 Å². The summed E-state index contributed by atoms with van der Waals surface area (Å²) in [6.07, 6.45) is 3.14. The zero-order chi connectivity index (χ0) is 14.1. The van der Waals surface area contributed by atoms with Crippen molar-refractivity contribution < 1.29 is 9.90 Å². The molecule has 1 heterocycles. The molecule has 20 heavy (non-hydrogen) atoms. The molecule has 0 amide bonds. The summed E-state index contributed by atoms with van der Waals surface area (Å²) < 4.78 is 0. The molecule has 0 spiro atoms. The van der Waals surface area contributed by atoms with Gasteiger partial charge in [0, 0.05) is 6.42 Å². The van der Waals surface area contributed by atoms with Gasteiger partial charge in [-0.1, -0.05) is 29.8 Å². The molecule has 0 radical (unpaired) electrons. The predicted octanol–water partition coefficient (Wildman–Crippen LogP) is 2.16. The molecule has 1 saturated carbocycles. The van der Waals surface area contributed by atoms with Gasteiger partial charge in [-0.05, 0) is 31.7 Å². The van der Waals surface area contributed by atoms with Crippen LogP contribution in [0.15, 0.2) is 29.3 Å². The molecule has 1 aliphatic heterocycles. The van der Waals surface area contributed by atoms with Crippen LogP contribution < -0.4 is 5.32 Å². The number of carboxylic acids is 1. The van der Waals surface area contributed by atoms with E-state index in [4.69, 9.17) is 10.1 Å². The van der Waals surface area contributed by atoms with E-state index >= 15 is 0 Å². The number of aliphatic imine (C=N–C) groups is 1. The molecule has 0 saturated heterocycles. The van der Waals surface area contributed by atoms with E-state index in [9.17, 15) is 4.79 Å². The average molecular weight is 272 g/mol. The summed E-state index contributed by atoms with van der Waals surface area (Å²) in [6.45, 7) is 2.08. The number of benzene rings is 1. The van der Waals surface area contributed by atoms with Crippen LogP contribution >= 0.6 is 0 Å². The van der Waals surface area contributed by atoms with Crippen LogP contribution in [0.25, 0.3) is 0 Å². The van der Waals surface area contributed by atoms with Gasteiger partial charge in [-0.2, -0.15) is 0 Å². The van der Waals surface area contributed by atoms with Crippen molar-refractivity contribution in [2.75, 3.05) is 0 Å². The van der Waals surface area contributed by atoms with Crippen molar-refractivity contribution in [3.8, 4) is 0 Å². The van der Waals surface area contributed by atoms with Crippen LogP contribution in [0.5, 0.6) is 0 Å². The smallest absolute Gasteiger partial charge is 0.306 e. The molecule has 4 heteroatoms. The second kappa shape index (κ2) is 5.27. The van der Waals surface area contributed by atoms with Crippen LogP contribution in [0, 0.1) is 12.8 Å². The molecule has 1 aromatic carbocycles. The number of hydrogen-bond donors (Lipinski definition) is 2. The molecule has 4 nitrogen and oxygen atoms in total. The Morgan fingerprint density at radius 3 is 2.80 bits per heavy atom. The summed E-state index contributed by atoms with van der Waals surface area (Å²) in [7, 11) is 0. The Hall–Kier alpha value is -1.84. The largest absolute Gasteiger partial charge is 0.481 e. The number of aryl methyl sites for hydroxylation is 1. The number of hydrogen-bond acceptors (Lipinski definition) is 3. The lowest BCUT2D eigenvalue weighted by molar-refractivity contribution is -0.143. The van der Waals surface area contributed by atoms with E-state index in [0.29, 0.717) is 6.42 Å². The van der Waals surface area contributed by atoms with Crippen LogP contribution in [0.4, 0.5) is 0 Å². The van der Waals surface area contributed by atoms with Crippen LogP contribution in [0.3, 0.4) is 0 Å². The van der Waals surface area contributed by atoms with Crippen molar-refractivity contribution >= 4 is 11.8 Å². The van der Waals surface area contributed by atoms with Crippen LogP contribution in [0.1, 0.15) is 30.4 Å². The molecule has 1 aromatic rings. The number of rotatable bonds is 3. The van der Waals surface area contributed by atoms with E-state index in [1.165, 1.54) is 11.1 Å². The molecule has 1 aliphatic carbocycles. The first-order valence-electron chi connectivity index (χ1n) is 7.23. The first-order chi connectivity index (χ1) is 9.61. The fourth-order valence-corrected chi connectivity index (χ4v) is 3.14. The number of nitrogens with one attached hydrogen (secondary N) is 1. The monoisotopic (exact) mass is 272 g/mol. The molecule has 106 valence electrons. The van der Waals surface area contributed by atoms with E-state index < -0.39 is 5.97 Å². The van der Waals surface area contributed by atoms with Crippen molar-refractivity contribution in [3.63, 3.8) is 0 Å². The minimum absolute atomic E-state index is 0.210. The Kier molecular flexibility index (Phi) is 3.47. The molecule has 0 aromatic heterocycles. The summed E-state index contributed by atoms with van der Waals surface area (Å²) in [5.41, 5.74) is 2.50. The topological polar surface area (TPSA) is 61.7 Å². The lowest BCUT2D eigenvalue weighted by Gasteiger charge is -2.28. The van der Waals surface area contributed by atoms with Crippen molar-refractivity contribution in [3.05, 3.63) is 35.4 Å². The summed E-state index contributed by atoms with van der Waals surface area (Å²) >= 11 is 0. The van der Waals surface area contributed by atoms with E-state index in [-0.39, 0.29) is 18.0 Å². The predicted molar refractivity (Wildman–Crippen MR) is 78.0 cm³/mol. The third-order valence-electron chi connectivity index (χ3n) is 4.33. The zero-order valence-corrected chi connectivity index (χ0v) is 11.7. The lowest BCUT2D eigenvalue weighted by Crippen LogP contribution is -2.41. The van der Waals surface area contributed by atoms with Crippen molar-refractivity contribution in [2.45, 2.75) is 44.7 Å². The van der Waals surface area contributed by atoms with Gasteiger partial charge in [-0.25, -0.2) is 0 Å². The average Bonchev–Trinajstić information content (AvgIpc) is 2.82. The summed E-state index contributed by atoms with van der Waals surface area (Å²) in [5.74, 6) is 0.129. The highest BCUT2D eigenvalue weighted by Gasteiger charge is 2.37. The highest BCUT2D eigenvalue weighted by Crippen LogP contribution is 2.30. The summed E-state index contributed by atoms with van der Waals surface area (Å²) in [5, 5.41) is 12.5. The maximum absolute atomic E-state index is 11.1. The van der Waals surface area contributed by atoms with Gasteiger partial charge in [0.05, 0.1) is 18.0 Å². The number of carboxylic acid groups (broad SMARTS) is 1. The zero-order valence-electron chi connectivity index (χ0n) is 11.7. The number of aliphatic carboxylic acids is 1. The van der Waals surface area contributed by atoms with E-state index in [1.807, 2.05) is 0 Å². The lowest BCUT2D eigenvalue weighted by atomic mass is 9.83. The molecule has 1 fully saturated rings. The maximum Gasteiger partial charge on any atom is 0.306 e. The van der Waals surface area contributed by atoms with Crippen LogP contribution in [-0.4, -0.2) is 29.0 Å². The Bertz CT molecular complexity index is 536. The van der Waals surface area contributed by atoms with Crippen molar-refractivity contribution in [1.29, 1.82) is 0 Å². The molecule has 2 N–H and O–H groups in total. The summed E-state index contributed by atoms with van der Waals surface area (Å²) in [4.78, 5) is 15.8. The van der Waals surface area contributed by atoms with Gasteiger partial charge in [0.25, 0.3) is 0 Å². The standard InChI is InChI=1S/C16H20N2O2/c1-10-2-4-11(5-3-10)8-15-17-13-7-6-12(16(19)20)9-14(13)18-15/h2-5,12-14H,6-9H2,1H3,(H,17,18)(H,19,20).